The zero-order valence-electron chi connectivity index (χ0n) is 34.8. The highest BCUT2D eigenvalue weighted by Crippen LogP contribution is 2.48. The van der Waals surface area contributed by atoms with Gasteiger partial charge in [0.15, 0.2) is 11.9 Å². The summed E-state index contributed by atoms with van der Waals surface area (Å²) in [4.78, 5) is 23.6. The molecule has 0 bridgehead atoms. The Hall–Kier alpha value is -2.79. The van der Waals surface area contributed by atoms with Crippen molar-refractivity contribution in [3.05, 3.63) is 44.5 Å². The maximum Gasteiger partial charge on any atom is 0.349 e. The molecule has 2 heterocycles. The molecule has 0 saturated carbocycles. The molecule has 2 aromatic carbocycles. The monoisotopic (exact) mass is 758 g/mol. The third-order valence-electron chi connectivity index (χ3n) is 12.2. The molecule has 296 valence electrons. The number of esters is 1. The van der Waals surface area contributed by atoms with Gasteiger partial charge in [0, 0.05) is 17.5 Å². The summed E-state index contributed by atoms with van der Waals surface area (Å²) in [7, 11) is -2.44. The number of methoxy groups -OCH3 is 1. The highest BCUT2D eigenvalue weighted by molar-refractivity contribution is 6.75. The Morgan fingerprint density at radius 3 is 1.37 bits per heavy atom. The lowest BCUT2D eigenvalue weighted by atomic mass is 9.87. The quantitative estimate of drug-likeness (QED) is 0.165. The van der Waals surface area contributed by atoms with Crippen molar-refractivity contribution in [3.8, 4) is 23.0 Å². The Balaban J connectivity index is 0.000000502. The number of fused-ring (bicyclic) bond motifs is 2. The molecule has 0 N–H and O–H groups in total. The zero-order valence-corrected chi connectivity index (χ0v) is 36.8. The zero-order chi connectivity index (χ0) is 38.6. The lowest BCUT2D eigenvalue weighted by molar-refractivity contribution is -0.159. The fourth-order valence-corrected chi connectivity index (χ4v) is 8.30. The number of carbonyl (C=O) groups is 2. The van der Waals surface area contributed by atoms with Crippen LogP contribution < -0.4 is 18.3 Å². The van der Waals surface area contributed by atoms with Gasteiger partial charge in [-0.3, -0.25) is 4.79 Å². The van der Waals surface area contributed by atoms with Crippen LogP contribution in [0, 0.1) is 41.5 Å². The minimum atomic E-state index is -1.94. The summed E-state index contributed by atoms with van der Waals surface area (Å²) in [6.45, 7) is 38.8. The van der Waals surface area contributed by atoms with Crippen LogP contribution in [0.4, 0.5) is 0 Å². The molecule has 0 fully saturated rings. The van der Waals surface area contributed by atoms with Gasteiger partial charge in [-0.15, -0.1) is 0 Å². The first-order chi connectivity index (χ1) is 22.6. The molecule has 2 aliphatic heterocycles. The molecule has 2 atom stereocenters. The van der Waals surface area contributed by atoms with E-state index in [0.717, 1.165) is 75.5 Å². The number of carbonyl (C=O) groups excluding carboxylic acids is 2. The van der Waals surface area contributed by atoms with Gasteiger partial charge in [-0.2, -0.15) is 0 Å². The van der Waals surface area contributed by atoms with Crippen molar-refractivity contribution in [2.45, 2.75) is 185 Å². The molecule has 2 aliphatic rings. The second-order valence-corrected chi connectivity index (χ2v) is 27.6. The van der Waals surface area contributed by atoms with E-state index in [4.69, 9.17) is 23.1 Å². The van der Waals surface area contributed by atoms with Crippen LogP contribution in [0.1, 0.15) is 128 Å². The largest absolute Gasteiger partial charge is 0.543 e. The van der Waals surface area contributed by atoms with Gasteiger partial charge in [0.2, 0.25) is 5.60 Å². The molecule has 0 aliphatic carbocycles. The van der Waals surface area contributed by atoms with Crippen molar-refractivity contribution in [2.24, 2.45) is 0 Å². The van der Waals surface area contributed by atoms with Gasteiger partial charge < -0.3 is 23.1 Å². The van der Waals surface area contributed by atoms with Crippen molar-refractivity contribution in [1.82, 2.24) is 0 Å². The molecule has 4 rings (SSSR count). The highest BCUT2D eigenvalue weighted by atomic mass is 28.4. The molecule has 0 radical (unpaired) electrons. The molecular formula is C43H74O7Si2. The van der Waals surface area contributed by atoms with Crippen LogP contribution in [-0.2, 0) is 27.2 Å². The molecule has 0 amide bonds. The SMILES string of the molecule is C.C.COC(=O)[C@]1(C)CCc2c(C)c(O[Si](C)(C)C(C)(C)C)c(C)c(C)c2O1.Cc1c(C)c2c(c(C)c1O[Si](C)(C)C(C)(C)C)CC[C@@](C)(C=O)O2. The Morgan fingerprint density at radius 2 is 1.02 bits per heavy atom. The summed E-state index contributed by atoms with van der Waals surface area (Å²) in [6.07, 6.45) is 3.88. The van der Waals surface area contributed by atoms with Crippen LogP contribution in [0.25, 0.3) is 0 Å². The average molecular weight is 759 g/mol. The summed E-state index contributed by atoms with van der Waals surface area (Å²) in [5.41, 5.74) is 7.41. The standard InChI is InChI=1S/C21H34O4Si.C20H32O3Si.2CH4/c1-13-14(2)18-16(11-12-21(7,24-18)19(22)23-8)15(3)17(13)25-26(9,10)20(4,5)6;1-13-14(2)18-16(10-11-20(7,12-21)22-18)15(3)17(13)23-24(8,9)19(4,5)6;;/h11-12H2,1-10H3;12H,10-11H2,1-9H3;2*1H4/t21-;20-;;/m00../s1. The second-order valence-electron chi connectivity index (χ2n) is 18.1. The maximum absolute atomic E-state index is 12.2. The van der Waals surface area contributed by atoms with Crippen molar-refractivity contribution >= 4 is 28.9 Å². The van der Waals surface area contributed by atoms with Gasteiger partial charge in [0.1, 0.15) is 23.0 Å². The van der Waals surface area contributed by atoms with E-state index >= 15 is 0 Å². The molecule has 0 aromatic heterocycles. The van der Waals surface area contributed by atoms with E-state index in [-0.39, 0.29) is 30.9 Å². The van der Waals surface area contributed by atoms with Gasteiger partial charge in [-0.05, 0) is 144 Å². The third-order valence-corrected chi connectivity index (χ3v) is 20.9. The molecule has 9 heteroatoms. The number of hydrogen-bond acceptors (Lipinski definition) is 7. The van der Waals surface area contributed by atoms with E-state index < -0.39 is 27.8 Å². The first-order valence-corrected chi connectivity index (χ1v) is 24.0. The van der Waals surface area contributed by atoms with E-state index in [1.54, 1.807) is 0 Å². The van der Waals surface area contributed by atoms with E-state index in [9.17, 15) is 9.59 Å². The topological polar surface area (TPSA) is 80.3 Å². The summed E-state index contributed by atoms with van der Waals surface area (Å²) in [5.74, 6) is 3.41. The van der Waals surface area contributed by atoms with Crippen LogP contribution in [0.3, 0.4) is 0 Å². The summed E-state index contributed by atoms with van der Waals surface area (Å²) < 4.78 is 30.6. The highest BCUT2D eigenvalue weighted by Gasteiger charge is 2.44. The van der Waals surface area contributed by atoms with Crippen molar-refractivity contribution < 1.29 is 32.7 Å². The van der Waals surface area contributed by atoms with Crippen LogP contribution in [-0.4, -0.2) is 47.2 Å². The van der Waals surface area contributed by atoms with Crippen molar-refractivity contribution in [1.29, 1.82) is 0 Å². The van der Waals surface area contributed by atoms with Crippen molar-refractivity contribution in [3.63, 3.8) is 0 Å². The first-order valence-electron chi connectivity index (χ1n) is 18.1. The van der Waals surface area contributed by atoms with Gasteiger partial charge in [0.25, 0.3) is 16.6 Å². The fraction of sp³-hybridized carbons (Fsp3) is 0.674. The molecule has 2 aromatic rings. The molecule has 0 saturated heterocycles. The average Bonchev–Trinajstić information content (AvgIpc) is 3.01. The maximum atomic E-state index is 12.2. The Labute approximate surface area is 320 Å². The van der Waals surface area contributed by atoms with Crippen LogP contribution in [0.2, 0.25) is 36.3 Å². The lowest BCUT2D eigenvalue weighted by Gasteiger charge is -2.40. The molecule has 0 spiro atoms. The van der Waals surface area contributed by atoms with Crippen LogP contribution >= 0.6 is 0 Å². The number of ether oxygens (including phenoxy) is 3. The predicted molar refractivity (Wildman–Crippen MR) is 223 cm³/mol. The fourth-order valence-electron chi connectivity index (χ4n) is 6.05. The number of hydrogen-bond donors (Lipinski definition) is 0. The number of rotatable bonds is 6. The Kier molecular flexibility index (Phi) is 14.4. The number of aldehydes is 1. The molecule has 52 heavy (non-hydrogen) atoms. The Bertz CT molecular complexity index is 1640. The minimum absolute atomic E-state index is 0. The minimum Gasteiger partial charge on any atom is -0.543 e. The predicted octanol–water partition coefficient (Wildman–Crippen LogP) is 11.8. The first kappa shape index (κ1) is 47.2. The third kappa shape index (κ3) is 8.94. The van der Waals surface area contributed by atoms with E-state index in [1.807, 2.05) is 13.8 Å². The number of benzene rings is 2. The smallest absolute Gasteiger partial charge is 0.349 e. The van der Waals surface area contributed by atoms with E-state index in [2.05, 4.69) is 109 Å². The van der Waals surface area contributed by atoms with Crippen molar-refractivity contribution in [2.75, 3.05) is 7.11 Å². The molecule has 7 nitrogen and oxygen atoms in total. The normalized spacial score (nSPS) is 19.8. The van der Waals surface area contributed by atoms with E-state index in [1.165, 1.54) is 18.2 Å². The summed E-state index contributed by atoms with van der Waals surface area (Å²) in [5, 5.41) is 0.290. The second kappa shape index (κ2) is 15.9. The van der Waals surface area contributed by atoms with Gasteiger partial charge in [-0.1, -0.05) is 56.4 Å². The van der Waals surface area contributed by atoms with Gasteiger partial charge in [0.05, 0.1) is 7.11 Å². The molecular weight excluding hydrogens is 685 g/mol. The van der Waals surface area contributed by atoms with Crippen LogP contribution in [0.15, 0.2) is 0 Å². The summed E-state index contributed by atoms with van der Waals surface area (Å²) >= 11 is 0. The summed E-state index contributed by atoms with van der Waals surface area (Å²) in [6, 6.07) is 0. The van der Waals surface area contributed by atoms with E-state index in [0.29, 0.717) is 12.8 Å². The lowest BCUT2D eigenvalue weighted by Crippen LogP contribution is -2.46. The Morgan fingerprint density at radius 1 is 0.654 bits per heavy atom. The van der Waals surface area contributed by atoms with Gasteiger partial charge >= 0.3 is 5.97 Å². The van der Waals surface area contributed by atoms with Crippen LogP contribution in [0.5, 0.6) is 23.0 Å². The van der Waals surface area contributed by atoms with Gasteiger partial charge in [-0.25, -0.2) is 4.79 Å². The molecule has 0 unspecified atom stereocenters.